The van der Waals surface area contributed by atoms with Crippen molar-refractivity contribution in [3.8, 4) is 5.75 Å². The van der Waals surface area contributed by atoms with E-state index in [-0.39, 0.29) is 5.91 Å². The molecule has 23 heavy (non-hydrogen) atoms. The maximum absolute atomic E-state index is 12.9. The van der Waals surface area contributed by atoms with Crippen molar-refractivity contribution >= 4 is 17.3 Å². The van der Waals surface area contributed by atoms with E-state index in [0.717, 1.165) is 11.1 Å². The van der Waals surface area contributed by atoms with E-state index in [1.807, 2.05) is 43.3 Å². The Hall–Kier alpha value is -2.75. The van der Waals surface area contributed by atoms with Gasteiger partial charge in [-0.3, -0.25) is 4.79 Å². The Kier molecular flexibility index (Phi) is 4.06. The van der Waals surface area contributed by atoms with Crippen LogP contribution in [-0.2, 0) is 11.2 Å². The van der Waals surface area contributed by atoms with Gasteiger partial charge in [0.2, 0.25) is 0 Å². The molecular formula is C19H20N2O2. The number of fused-ring (bicyclic) bond motifs is 1. The van der Waals surface area contributed by atoms with E-state index < -0.39 is 6.10 Å². The number of benzene rings is 2. The highest BCUT2D eigenvalue weighted by Crippen LogP contribution is 2.36. The molecule has 3 rings (SSSR count). The Bertz CT molecular complexity index is 740. The molecule has 4 heteroatoms. The van der Waals surface area contributed by atoms with Crippen molar-refractivity contribution in [2.45, 2.75) is 19.4 Å². The van der Waals surface area contributed by atoms with Crippen LogP contribution in [0.15, 0.2) is 60.7 Å². The largest absolute Gasteiger partial charge is 0.478 e. The predicted molar refractivity (Wildman–Crippen MR) is 92.6 cm³/mol. The Balaban J connectivity index is 1.94. The molecule has 1 aliphatic heterocycles. The summed E-state index contributed by atoms with van der Waals surface area (Å²) in [6, 6.07) is 15.3. The van der Waals surface area contributed by atoms with E-state index in [1.165, 1.54) is 0 Å². The van der Waals surface area contributed by atoms with Crippen LogP contribution in [0.1, 0.15) is 12.5 Å². The Labute approximate surface area is 136 Å². The lowest BCUT2D eigenvalue weighted by molar-refractivity contribution is -0.126. The number of carbonyl (C=O) groups excluding carboxylic acids is 1. The summed E-state index contributed by atoms with van der Waals surface area (Å²) in [6.45, 7) is 6.29. The molecule has 1 atom stereocenters. The minimum absolute atomic E-state index is 0.0602. The van der Waals surface area contributed by atoms with Gasteiger partial charge in [0.25, 0.3) is 5.91 Å². The molecule has 0 aliphatic carbocycles. The van der Waals surface area contributed by atoms with Crippen molar-refractivity contribution in [2.24, 2.45) is 0 Å². The third-order valence-electron chi connectivity index (χ3n) is 3.78. The summed E-state index contributed by atoms with van der Waals surface area (Å²) < 4.78 is 5.94. The summed E-state index contributed by atoms with van der Waals surface area (Å²) in [5.41, 5.74) is 9.16. The third-order valence-corrected chi connectivity index (χ3v) is 3.78. The number of rotatable bonds is 4. The summed E-state index contributed by atoms with van der Waals surface area (Å²) in [5.74, 6) is 0.621. The van der Waals surface area contributed by atoms with Gasteiger partial charge >= 0.3 is 0 Å². The average Bonchev–Trinajstić information content (AvgIpc) is 2.53. The third kappa shape index (κ3) is 3.21. The van der Waals surface area contributed by atoms with E-state index in [0.29, 0.717) is 30.1 Å². The van der Waals surface area contributed by atoms with Crippen LogP contribution in [0.5, 0.6) is 5.75 Å². The van der Waals surface area contributed by atoms with Crippen LogP contribution in [0.4, 0.5) is 11.4 Å². The quantitative estimate of drug-likeness (QED) is 0.697. The first-order valence-electron chi connectivity index (χ1n) is 7.60. The van der Waals surface area contributed by atoms with Crippen molar-refractivity contribution in [3.63, 3.8) is 0 Å². The smallest absolute Gasteiger partial charge is 0.268 e. The SMILES string of the molecule is C=C(C)CN1C(=O)C(Cc2ccccc2)Oc2ccc(N)cc21. The van der Waals surface area contributed by atoms with Crippen LogP contribution in [0, 0.1) is 0 Å². The average molecular weight is 308 g/mol. The van der Waals surface area contributed by atoms with Gasteiger partial charge in [-0.1, -0.05) is 42.5 Å². The molecule has 2 aromatic carbocycles. The summed E-state index contributed by atoms with van der Waals surface area (Å²) in [5, 5.41) is 0. The van der Waals surface area contributed by atoms with Gasteiger partial charge in [0.05, 0.1) is 5.69 Å². The summed E-state index contributed by atoms with van der Waals surface area (Å²) in [6.07, 6.45) is 0.00350. The lowest BCUT2D eigenvalue weighted by Gasteiger charge is -2.34. The van der Waals surface area contributed by atoms with E-state index in [2.05, 4.69) is 6.58 Å². The van der Waals surface area contributed by atoms with Gasteiger partial charge in [-0.25, -0.2) is 0 Å². The summed E-state index contributed by atoms with van der Waals surface area (Å²) in [4.78, 5) is 14.6. The highest BCUT2D eigenvalue weighted by molar-refractivity contribution is 6.01. The molecule has 118 valence electrons. The molecule has 2 N–H and O–H groups in total. The van der Waals surface area contributed by atoms with E-state index in [9.17, 15) is 4.79 Å². The number of amides is 1. The molecule has 0 aromatic heterocycles. The van der Waals surface area contributed by atoms with Crippen LogP contribution >= 0.6 is 0 Å². The van der Waals surface area contributed by atoms with Crippen molar-refractivity contribution in [3.05, 3.63) is 66.2 Å². The first-order valence-corrected chi connectivity index (χ1v) is 7.60. The topological polar surface area (TPSA) is 55.6 Å². The normalized spacial score (nSPS) is 16.7. The fraction of sp³-hybridized carbons (Fsp3) is 0.211. The molecule has 0 fully saturated rings. The lowest BCUT2D eigenvalue weighted by Crippen LogP contribution is -2.47. The fourth-order valence-corrected chi connectivity index (χ4v) is 2.73. The van der Waals surface area contributed by atoms with Crippen molar-refractivity contribution in [2.75, 3.05) is 17.2 Å². The van der Waals surface area contributed by atoms with Gasteiger partial charge in [-0.05, 0) is 30.7 Å². The highest BCUT2D eigenvalue weighted by atomic mass is 16.5. The lowest BCUT2D eigenvalue weighted by atomic mass is 10.0. The Morgan fingerprint density at radius 3 is 2.70 bits per heavy atom. The van der Waals surface area contributed by atoms with Crippen LogP contribution in [0.25, 0.3) is 0 Å². The first kappa shape index (κ1) is 15.2. The van der Waals surface area contributed by atoms with Crippen molar-refractivity contribution in [1.29, 1.82) is 0 Å². The van der Waals surface area contributed by atoms with Crippen LogP contribution in [0.3, 0.4) is 0 Å². The molecule has 2 aromatic rings. The van der Waals surface area contributed by atoms with Crippen molar-refractivity contribution in [1.82, 2.24) is 0 Å². The number of hydrogen-bond donors (Lipinski definition) is 1. The monoisotopic (exact) mass is 308 g/mol. The molecule has 0 radical (unpaired) electrons. The zero-order valence-corrected chi connectivity index (χ0v) is 13.2. The molecule has 1 unspecified atom stereocenters. The van der Waals surface area contributed by atoms with E-state index >= 15 is 0 Å². The number of nitrogens with two attached hydrogens (primary N) is 1. The maximum Gasteiger partial charge on any atom is 0.268 e. The second-order valence-electron chi connectivity index (χ2n) is 5.90. The zero-order valence-electron chi connectivity index (χ0n) is 13.2. The second-order valence-corrected chi connectivity index (χ2v) is 5.90. The van der Waals surface area contributed by atoms with Gasteiger partial charge in [0, 0.05) is 18.7 Å². The van der Waals surface area contributed by atoms with Gasteiger partial charge < -0.3 is 15.4 Å². The summed E-state index contributed by atoms with van der Waals surface area (Å²) in [7, 11) is 0. The molecular weight excluding hydrogens is 288 g/mol. The van der Waals surface area contributed by atoms with Gasteiger partial charge in [0.15, 0.2) is 6.10 Å². The predicted octanol–water partition coefficient (Wildman–Crippen LogP) is 3.18. The molecule has 0 spiro atoms. The number of carbonyl (C=O) groups is 1. The van der Waals surface area contributed by atoms with Crippen molar-refractivity contribution < 1.29 is 9.53 Å². The highest BCUT2D eigenvalue weighted by Gasteiger charge is 2.34. The minimum Gasteiger partial charge on any atom is -0.478 e. The minimum atomic E-state index is -0.534. The van der Waals surface area contributed by atoms with E-state index in [4.69, 9.17) is 10.5 Å². The number of hydrogen-bond acceptors (Lipinski definition) is 3. The maximum atomic E-state index is 12.9. The van der Waals surface area contributed by atoms with Gasteiger partial charge in [-0.15, -0.1) is 0 Å². The van der Waals surface area contributed by atoms with Crippen LogP contribution in [-0.4, -0.2) is 18.6 Å². The number of nitrogen functional groups attached to an aromatic ring is 1. The molecule has 1 aliphatic rings. The molecule has 0 bridgehead atoms. The number of nitrogens with zero attached hydrogens (tertiary/aromatic N) is 1. The summed E-state index contributed by atoms with van der Waals surface area (Å²) >= 11 is 0. The molecule has 0 saturated heterocycles. The molecule has 4 nitrogen and oxygen atoms in total. The van der Waals surface area contributed by atoms with Gasteiger partial charge in [-0.2, -0.15) is 0 Å². The van der Waals surface area contributed by atoms with E-state index in [1.54, 1.807) is 17.0 Å². The zero-order chi connectivity index (χ0) is 16.4. The Morgan fingerprint density at radius 2 is 2.00 bits per heavy atom. The van der Waals surface area contributed by atoms with Crippen LogP contribution in [0.2, 0.25) is 0 Å². The Morgan fingerprint density at radius 1 is 1.26 bits per heavy atom. The molecule has 0 saturated carbocycles. The first-order chi connectivity index (χ1) is 11.0. The van der Waals surface area contributed by atoms with Crippen LogP contribution < -0.4 is 15.4 Å². The standard InChI is InChI=1S/C19H20N2O2/c1-13(2)12-21-16-11-15(20)8-9-17(16)23-18(19(21)22)10-14-6-4-3-5-7-14/h3-9,11,18H,1,10,12,20H2,2H3. The number of anilines is 2. The molecule has 1 amide bonds. The fourth-order valence-electron chi connectivity index (χ4n) is 2.73. The molecule has 1 heterocycles. The number of ether oxygens (including phenoxy) is 1. The van der Waals surface area contributed by atoms with Gasteiger partial charge in [0.1, 0.15) is 5.75 Å². The second kappa shape index (κ2) is 6.16.